The molecule has 3 heteroatoms. The van der Waals surface area contributed by atoms with Gasteiger partial charge in [-0.1, -0.05) is 13.0 Å². The SMILES string of the molecule is CC(C)N1CC(C)(COc2ccc3c(c2)CNCC3)C1. The van der Waals surface area contributed by atoms with E-state index in [4.69, 9.17) is 4.74 Å². The number of nitrogens with one attached hydrogen (secondary N) is 1. The fraction of sp³-hybridized carbons (Fsp3) is 0.647. The number of fused-ring (bicyclic) bond motifs is 1. The molecule has 1 fully saturated rings. The molecule has 2 aliphatic rings. The first-order valence-electron chi connectivity index (χ1n) is 7.75. The molecular weight excluding hydrogens is 248 g/mol. The second kappa shape index (κ2) is 5.38. The smallest absolute Gasteiger partial charge is 0.119 e. The van der Waals surface area contributed by atoms with Crippen molar-refractivity contribution in [1.82, 2.24) is 10.2 Å². The maximum Gasteiger partial charge on any atom is 0.119 e. The van der Waals surface area contributed by atoms with E-state index in [1.165, 1.54) is 11.1 Å². The second-order valence-electron chi connectivity index (χ2n) is 6.96. The quantitative estimate of drug-likeness (QED) is 0.912. The zero-order chi connectivity index (χ0) is 14.2. The van der Waals surface area contributed by atoms with Crippen molar-refractivity contribution in [2.75, 3.05) is 26.2 Å². The molecule has 0 bridgehead atoms. The van der Waals surface area contributed by atoms with Gasteiger partial charge in [-0.2, -0.15) is 0 Å². The molecule has 0 unspecified atom stereocenters. The topological polar surface area (TPSA) is 24.5 Å². The third-order valence-corrected chi connectivity index (χ3v) is 4.55. The van der Waals surface area contributed by atoms with Crippen molar-refractivity contribution in [1.29, 1.82) is 0 Å². The standard InChI is InChI=1S/C17H26N2O/c1-13(2)19-10-17(3,11-19)12-20-16-5-4-14-6-7-18-9-15(14)8-16/h4-5,8,13,18H,6-7,9-12H2,1-3H3. The summed E-state index contributed by atoms with van der Waals surface area (Å²) >= 11 is 0. The summed E-state index contributed by atoms with van der Waals surface area (Å²) in [5.41, 5.74) is 3.19. The molecule has 1 N–H and O–H groups in total. The summed E-state index contributed by atoms with van der Waals surface area (Å²) in [5, 5.41) is 3.42. The molecule has 1 saturated heterocycles. The van der Waals surface area contributed by atoms with E-state index in [-0.39, 0.29) is 0 Å². The average molecular weight is 274 g/mol. The Labute approximate surface area is 122 Å². The fourth-order valence-electron chi connectivity index (χ4n) is 3.19. The van der Waals surface area contributed by atoms with Gasteiger partial charge in [-0.3, -0.25) is 4.90 Å². The van der Waals surface area contributed by atoms with Crippen molar-refractivity contribution >= 4 is 0 Å². The van der Waals surface area contributed by atoms with E-state index in [0.29, 0.717) is 11.5 Å². The Balaban J connectivity index is 1.57. The zero-order valence-electron chi connectivity index (χ0n) is 12.9. The molecule has 110 valence electrons. The van der Waals surface area contributed by atoms with Crippen molar-refractivity contribution in [3.63, 3.8) is 0 Å². The van der Waals surface area contributed by atoms with E-state index in [0.717, 1.165) is 45.0 Å². The van der Waals surface area contributed by atoms with Crippen LogP contribution in [0.5, 0.6) is 5.75 Å². The van der Waals surface area contributed by atoms with Gasteiger partial charge in [-0.05, 0) is 50.1 Å². The molecule has 0 aliphatic carbocycles. The number of hydrogen-bond donors (Lipinski definition) is 1. The lowest BCUT2D eigenvalue weighted by atomic mass is 9.82. The molecule has 0 aromatic heterocycles. The number of ether oxygens (including phenoxy) is 1. The van der Waals surface area contributed by atoms with E-state index >= 15 is 0 Å². The van der Waals surface area contributed by atoms with Gasteiger partial charge >= 0.3 is 0 Å². The first-order valence-corrected chi connectivity index (χ1v) is 7.75. The van der Waals surface area contributed by atoms with Crippen LogP contribution in [0.25, 0.3) is 0 Å². The molecule has 0 saturated carbocycles. The van der Waals surface area contributed by atoms with Crippen LogP contribution in [0.15, 0.2) is 18.2 Å². The lowest BCUT2D eigenvalue weighted by molar-refractivity contribution is -0.0376. The molecule has 0 atom stereocenters. The van der Waals surface area contributed by atoms with Gasteiger partial charge in [0.25, 0.3) is 0 Å². The first-order chi connectivity index (χ1) is 9.56. The van der Waals surface area contributed by atoms with Crippen molar-refractivity contribution in [2.24, 2.45) is 5.41 Å². The normalized spacial score (nSPS) is 21.4. The summed E-state index contributed by atoms with van der Waals surface area (Å²) in [6, 6.07) is 7.23. The Morgan fingerprint density at radius 1 is 1.30 bits per heavy atom. The Morgan fingerprint density at radius 2 is 2.10 bits per heavy atom. The fourth-order valence-corrected chi connectivity index (χ4v) is 3.19. The van der Waals surface area contributed by atoms with E-state index in [1.54, 1.807) is 0 Å². The monoisotopic (exact) mass is 274 g/mol. The minimum atomic E-state index is 0.318. The molecule has 20 heavy (non-hydrogen) atoms. The highest BCUT2D eigenvalue weighted by molar-refractivity contribution is 5.37. The molecule has 3 rings (SSSR count). The highest BCUT2D eigenvalue weighted by atomic mass is 16.5. The largest absolute Gasteiger partial charge is 0.493 e. The van der Waals surface area contributed by atoms with Crippen molar-refractivity contribution in [2.45, 2.75) is 39.8 Å². The van der Waals surface area contributed by atoms with Gasteiger partial charge in [0.05, 0.1) is 6.61 Å². The lowest BCUT2D eigenvalue weighted by Gasteiger charge is -2.49. The van der Waals surface area contributed by atoms with Crippen LogP contribution in [-0.2, 0) is 13.0 Å². The summed E-state index contributed by atoms with van der Waals surface area (Å²) in [5.74, 6) is 1.02. The predicted molar refractivity (Wildman–Crippen MR) is 82.2 cm³/mol. The van der Waals surface area contributed by atoms with Crippen LogP contribution >= 0.6 is 0 Å². The van der Waals surface area contributed by atoms with Gasteiger partial charge in [-0.15, -0.1) is 0 Å². The number of benzene rings is 1. The Hall–Kier alpha value is -1.06. The Morgan fingerprint density at radius 3 is 2.85 bits per heavy atom. The summed E-state index contributed by atoms with van der Waals surface area (Å²) in [6.45, 7) is 12.0. The lowest BCUT2D eigenvalue weighted by Crippen LogP contribution is -2.59. The summed E-state index contributed by atoms with van der Waals surface area (Å²) in [6.07, 6.45) is 1.14. The van der Waals surface area contributed by atoms with Gasteiger partial charge in [0.2, 0.25) is 0 Å². The van der Waals surface area contributed by atoms with Crippen LogP contribution in [0.4, 0.5) is 0 Å². The van der Waals surface area contributed by atoms with E-state index in [9.17, 15) is 0 Å². The number of likely N-dealkylation sites (tertiary alicyclic amines) is 1. The van der Waals surface area contributed by atoms with E-state index < -0.39 is 0 Å². The Kier molecular flexibility index (Phi) is 3.74. The van der Waals surface area contributed by atoms with Crippen LogP contribution in [0.1, 0.15) is 31.9 Å². The summed E-state index contributed by atoms with van der Waals surface area (Å²) in [4.78, 5) is 2.50. The second-order valence-corrected chi connectivity index (χ2v) is 6.96. The molecule has 0 spiro atoms. The number of rotatable bonds is 4. The Bertz CT molecular complexity index is 478. The van der Waals surface area contributed by atoms with Crippen molar-refractivity contribution < 1.29 is 4.74 Å². The average Bonchev–Trinajstić information content (AvgIpc) is 2.41. The molecule has 1 aromatic carbocycles. The van der Waals surface area contributed by atoms with E-state index in [1.807, 2.05) is 0 Å². The van der Waals surface area contributed by atoms with Gasteiger partial charge in [0.15, 0.2) is 0 Å². The third kappa shape index (κ3) is 2.84. The van der Waals surface area contributed by atoms with Crippen LogP contribution in [-0.4, -0.2) is 37.2 Å². The molecule has 0 amide bonds. The molecular formula is C17H26N2O. The van der Waals surface area contributed by atoms with Gasteiger partial charge in [0, 0.05) is 31.1 Å². The molecule has 2 heterocycles. The highest BCUT2D eigenvalue weighted by Gasteiger charge is 2.40. The number of hydrogen-bond acceptors (Lipinski definition) is 3. The minimum absolute atomic E-state index is 0.318. The van der Waals surface area contributed by atoms with Crippen molar-refractivity contribution in [3.05, 3.63) is 29.3 Å². The summed E-state index contributed by atoms with van der Waals surface area (Å²) < 4.78 is 6.05. The van der Waals surface area contributed by atoms with Crippen LogP contribution in [0.3, 0.4) is 0 Å². The number of nitrogens with zero attached hydrogens (tertiary/aromatic N) is 1. The van der Waals surface area contributed by atoms with Gasteiger partial charge < -0.3 is 10.1 Å². The summed E-state index contributed by atoms with van der Waals surface area (Å²) in [7, 11) is 0. The third-order valence-electron chi connectivity index (χ3n) is 4.55. The van der Waals surface area contributed by atoms with Crippen LogP contribution < -0.4 is 10.1 Å². The van der Waals surface area contributed by atoms with E-state index in [2.05, 4.69) is 49.2 Å². The molecule has 0 radical (unpaired) electrons. The maximum absolute atomic E-state index is 6.05. The highest BCUT2D eigenvalue weighted by Crippen LogP contribution is 2.32. The molecule has 3 nitrogen and oxygen atoms in total. The minimum Gasteiger partial charge on any atom is -0.493 e. The molecule has 1 aromatic rings. The first kappa shape index (κ1) is 13.9. The maximum atomic E-state index is 6.05. The zero-order valence-corrected chi connectivity index (χ0v) is 12.9. The molecule has 2 aliphatic heterocycles. The van der Waals surface area contributed by atoms with Gasteiger partial charge in [0.1, 0.15) is 5.75 Å². The van der Waals surface area contributed by atoms with Gasteiger partial charge in [-0.25, -0.2) is 0 Å². The van der Waals surface area contributed by atoms with Crippen LogP contribution in [0.2, 0.25) is 0 Å². The van der Waals surface area contributed by atoms with Crippen molar-refractivity contribution in [3.8, 4) is 5.75 Å². The van der Waals surface area contributed by atoms with Crippen LogP contribution in [0, 0.1) is 5.41 Å². The predicted octanol–water partition coefficient (Wildman–Crippen LogP) is 2.44.